The van der Waals surface area contributed by atoms with Crippen LogP contribution in [-0.4, -0.2) is 9.55 Å². The van der Waals surface area contributed by atoms with Crippen molar-refractivity contribution in [3.63, 3.8) is 0 Å². The van der Waals surface area contributed by atoms with Gasteiger partial charge in [0.15, 0.2) is 0 Å². The van der Waals surface area contributed by atoms with Crippen molar-refractivity contribution in [1.29, 1.82) is 0 Å². The van der Waals surface area contributed by atoms with Gasteiger partial charge in [0.1, 0.15) is 5.69 Å². The fourth-order valence-electron chi connectivity index (χ4n) is 1.12. The largest absolute Gasteiger partial charge is 0.306 e. The van der Waals surface area contributed by atoms with Crippen molar-refractivity contribution >= 4 is 5.69 Å². The molecule has 0 aliphatic carbocycles. The molecular formula is C9H7N3O. The minimum Gasteiger partial charge on any atom is -0.306 e. The Morgan fingerprint density at radius 2 is 2.31 bits per heavy atom. The van der Waals surface area contributed by atoms with Crippen molar-refractivity contribution in [1.82, 2.24) is 9.55 Å². The number of aromatic nitrogens is 2. The molecule has 64 valence electrons. The molecule has 0 saturated heterocycles. The average molecular weight is 173 g/mol. The summed E-state index contributed by atoms with van der Waals surface area (Å²) in [6.45, 7) is 0. The highest BCUT2D eigenvalue weighted by atomic mass is 16.3. The third-order valence-electron chi connectivity index (χ3n) is 1.74. The molecule has 0 saturated carbocycles. The van der Waals surface area contributed by atoms with Crippen molar-refractivity contribution in [3.05, 3.63) is 47.9 Å². The fraction of sp³-hybridized carbons (Fsp3) is 0. The molecule has 0 atom stereocenters. The van der Waals surface area contributed by atoms with Gasteiger partial charge in [-0.25, -0.2) is 4.98 Å². The maximum Gasteiger partial charge on any atom is 0.110 e. The lowest BCUT2D eigenvalue weighted by Gasteiger charge is -2.00. The van der Waals surface area contributed by atoms with E-state index in [4.69, 9.17) is 0 Å². The third kappa shape index (κ3) is 1.46. The van der Waals surface area contributed by atoms with Gasteiger partial charge in [-0.1, -0.05) is 6.07 Å². The van der Waals surface area contributed by atoms with Crippen LogP contribution in [0.2, 0.25) is 0 Å². The Kier molecular flexibility index (Phi) is 1.88. The molecule has 13 heavy (non-hydrogen) atoms. The number of hydrogen-bond donors (Lipinski definition) is 0. The third-order valence-corrected chi connectivity index (χ3v) is 1.74. The lowest BCUT2D eigenvalue weighted by Crippen LogP contribution is -1.87. The van der Waals surface area contributed by atoms with E-state index in [2.05, 4.69) is 10.2 Å². The minimum absolute atomic E-state index is 0.422. The maximum absolute atomic E-state index is 10.3. The summed E-state index contributed by atoms with van der Waals surface area (Å²) in [6.07, 6.45) is 5.16. The summed E-state index contributed by atoms with van der Waals surface area (Å²) < 4.78 is 1.81. The summed E-state index contributed by atoms with van der Waals surface area (Å²) in [5, 5.41) is 2.86. The van der Waals surface area contributed by atoms with Crippen LogP contribution < -0.4 is 0 Å². The smallest absolute Gasteiger partial charge is 0.110 e. The van der Waals surface area contributed by atoms with Gasteiger partial charge in [-0.3, -0.25) is 0 Å². The first-order valence-electron chi connectivity index (χ1n) is 3.82. The Labute approximate surface area is 74.8 Å². The first kappa shape index (κ1) is 7.67. The Morgan fingerprint density at radius 1 is 1.38 bits per heavy atom. The highest BCUT2D eigenvalue weighted by Gasteiger charge is 1.96. The zero-order chi connectivity index (χ0) is 9.10. The van der Waals surface area contributed by atoms with Crippen molar-refractivity contribution in [2.45, 2.75) is 0 Å². The van der Waals surface area contributed by atoms with Gasteiger partial charge >= 0.3 is 0 Å². The molecule has 0 N–H and O–H groups in total. The normalized spacial score (nSPS) is 9.85. The summed E-state index contributed by atoms with van der Waals surface area (Å²) in [7, 11) is 0. The summed E-state index contributed by atoms with van der Waals surface area (Å²) in [5.74, 6) is 0. The molecule has 0 bridgehead atoms. The van der Waals surface area contributed by atoms with Gasteiger partial charge in [0.2, 0.25) is 0 Å². The van der Waals surface area contributed by atoms with Crippen LogP contribution in [0.4, 0.5) is 5.69 Å². The van der Waals surface area contributed by atoms with Crippen LogP contribution in [0.3, 0.4) is 0 Å². The summed E-state index contributed by atoms with van der Waals surface area (Å²) in [5.41, 5.74) is 1.31. The number of hydrogen-bond acceptors (Lipinski definition) is 3. The Balaban J connectivity index is 2.47. The van der Waals surface area contributed by atoms with Gasteiger partial charge in [-0.05, 0) is 23.4 Å². The molecule has 0 aliphatic heterocycles. The summed E-state index contributed by atoms with van der Waals surface area (Å²) in [4.78, 5) is 14.2. The predicted octanol–water partition coefficient (Wildman–Crippen LogP) is 2.27. The Hall–Kier alpha value is -1.97. The molecule has 1 heterocycles. The second kappa shape index (κ2) is 3.18. The topological polar surface area (TPSA) is 47.2 Å². The highest BCUT2D eigenvalue weighted by molar-refractivity contribution is 5.46. The van der Waals surface area contributed by atoms with E-state index in [9.17, 15) is 4.91 Å². The van der Waals surface area contributed by atoms with E-state index in [1.165, 1.54) is 0 Å². The molecule has 1 aromatic carbocycles. The van der Waals surface area contributed by atoms with E-state index < -0.39 is 0 Å². The average Bonchev–Trinajstić information content (AvgIpc) is 2.71. The van der Waals surface area contributed by atoms with Crippen LogP contribution in [-0.2, 0) is 0 Å². The second-order valence-electron chi connectivity index (χ2n) is 2.58. The van der Waals surface area contributed by atoms with Crippen LogP contribution in [0, 0.1) is 4.91 Å². The van der Waals surface area contributed by atoms with Crippen molar-refractivity contribution in [3.8, 4) is 5.69 Å². The van der Waals surface area contributed by atoms with Gasteiger partial charge in [0.25, 0.3) is 0 Å². The minimum atomic E-state index is 0.422. The predicted molar refractivity (Wildman–Crippen MR) is 49.0 cm³/mol. The first-order chi connectivity index (χ1) is 6.40. The van der Waals surface area contributed by atoms with Gasteiger partial charge in [0, 0.05) is 18.1 Å². The first-order valence-corrected chi connectivity index (χ1v) is 3.82. The van der Waals surface area contributed by atoms with Gasteiger partial charge in [-0.2, -0.15) is 0 Å². The zero-order valence-corrected chi connectivity index (χ0v) is 6.79. The molecule has 2 aromatic rings. The van der Waals surface area contributed by atoms with E-state index in [0.717, 1.165) is 5.69 Å². The summed E-state index contributed by atoms with van der Waals surface area (Å²) >= 11 is 0. The van der Waals surface area contributed by atoms with E-state index >= 15 is 0 Å². The standard InChI is InChI=1S/C9H7N3O/c13-11-8-2-1-3-9(6-8)12-5-4-10-7-12/h1-7H. The molecule has 0 spiro atoms. The number of rotatable bonds is 2. The molecule has 2 rings (SSSR count). The van der Waals surface area contributed by atoms with E-state index in [-0.39, 0.29) is 0 Å². The monoisotopic (exact) mass is 173 g/mol. The van der Waals surface area contributed by atoms with Crippen molar-refractivity contribution in [2.75, 3.05) is 0 Å². The molecule has 0 aliphatic rings. The van der Waals surface area contributed by atoms with E-state index in [1.807, 2.05) is 16.8 Å². The van der Waals surface area contributed by atoms with Crippen molar-refractivity contribution < 1.29 is 0 Å². The van der Waals surface area contributed by atoms with Gasteiger partial charge in [-0.15, -0.1) is 4.91 Å². The Bertz CT molecular complexity index is 409. The van der Waals surface area contributed by atoms with Crippen LogP contribution in [0.25, 0.3) is 5.69 Å². The molecule has 4 nitrogen and oxygen atoms in total. The van der Waals surface area contributed by atoms with Crippen LogP contribution in [0.15, 0.2) is 48.2 Å². The Morgan fingerprint density at radius 3 is 3.00 bits per heavy atom. The van der Waals surface area contributed by atoms with E-state index in [0.29, 0.717) is 5.69 Å². The molecule has 4 heteroatoms. The zero-order valence-electron chi connectivity index (χ0n) is 6.79. The SMILES string of the molecule is O=Nc1cccc(-n2ccnc2)c1. The van der Waals surface area contributed by atoms with Crippen LogP contribution >= 0.6 is 0 Å². The van der Waals surface area contributed by atoms with Crippen LogP contribution in [0.1, 0.15) is 0 Å². The van der Waals surface area contributed by atoms with Crippen LogP contribution in [0.5, 0.6) is 0 Å². The van der Waals surface area contributed by atoms with Crippen molar-refractivity contribution in [2.24, 2.45) is 5.18 Å². The summed E-state index contributed by atoms with van der Waals surface area (Å²) in [6, 6.07) is 7.03. The highest BCUT2D eigenvalue weighted by Crippen LogP contribution is 2.16. The maximum atomic E-state index is 10.3. The number of benzene rings is 1. The second-order valence-corrected chi connectivity index (χ2v) is 2.58. The fourth-order valence-corrected chi connectivity index (χ4v) is 1.12. The molecule has 0 fully saturated rings. The number of nitrogens with zero attached hydrogens (tertiary/aromatic N) is 3. The lowest BCUT2D eigenvalue weighted by molar-refractivity contribution is 1.06. The number of nitroso groups, excluding NO2 is 1. The molecule has 0 amide bonds. The van der Waals surface area contributed by atoms with E-state index in [1.54, 1.807) is 30.7 Å². The van der Waals surface area contributed by atoms with Gasteiger partial charge < -0.3 is 4.57 Å². The number of imidazole rings is 1. The molecule has 1 aromatic heterocycles. The molecular weight excluding hydrogens is 166 g/mol. The molecule has 0 unspecified atom stereocenters. The molecule has 0 radical (unpaired) electrons. The lowest BCUT2D eigenvalue weighted by atomic mass is 10.3. The quantitative estimate of drug-likeness (QED) is 0.654. The van der Waals surface area contributed by atoms with Gasteiger partial charge in [0.05, 0.1) is 6.33 Å².